The van der Waals surface area contributed by atoms with Gasteiger partial charge in [0, 0.05) is 22.3 Å². The van der Waals surface area contributed by atoms with Crippen molar-refractivity contribution >= 4 is 38.6 Å². The topological polar surface area (TPSA) is 17.8 Å². The van der Waals surface area contributed by atoms with Crippen LogP contribution in [0.15, 0.2) is 22.7 Å². The summed E-state index contributed by atoms with van der Waals surface area (Å²) in [5.74, 6) is 1.74. The van der Waals surface area contributed by atoms with Gasteiger partial charge in [-0.05, 0) is 38.0 Å². The lowest BCUT2D eigenvalue weighted by molar-refractivity contribution is 0.525. The molecule has 0 aliphatic heterocycles. The highest BCUT2D eigenvalue weighted by Crippen LogP contribution is 2.45. The predicted molar refractivity (Wildman–Crippen MR) is 74.7 cm³/mol. The molecule has 2 nitrogen and oxygen atoms in total. The standard InChI is InChI=1S/C13H14BrClN2/c1-13(5-6-13)17-11-3-2-9(14)8-10(11)16-12(17)4-7-15/h2-3,8H,4-7H2,1H3. The minimum atomic E-state index is 0.268. The van der Waals surface area contributed by atoms with Gasteiger partial charge in [-0.2, -0.15) is 0 Å². The Bertz CT molecular complexity index is 572. The van der Waals surface area contributed by atoms with E-state index in [0.717, 1.165) is 22.2 Å². The Kier molecular flexibility index (Phi) is 2.71. The van der Waals surface area contributed by atoms with E-state index in [4.69, 9.17) is 16.6 Å². The summed E-state index contributed by atoms with van der Waals surface area (Å²) < 4.78 is 3.46. The molecule has 0 radical (unpaired) electrons. The molecular weight excluding hydrogens is 300 g/mol. The van der Waals surface area contributed by atoms with E-state index >= 15 is 0 Å². The SMILES string of the molecule is CC1(n2c(CCCl)nc3cc(Br)ccc32)CC1. The highest BCUT2D eigenvalue weighted by atomic mass is 79.9. The number of aryl methyl sites for hydroxylation is 1. The smallest absolute Gasteiger partial charge is 0.111 e. The van der Waals surface area contributed by atoms with Gasteiger partial charge in [0.2, 0.25) is 0 Å². The molecule has 1 heterocycles. The van der Waals surface area contributed by atoms with E-state index in [1.165, 1.54) is 18.4 Å². The highest BCUT2D eigenvalue weighted by Gasteiger charge is 2.41. The van der Waals surface area contributed by atoms with Crippen LogP contribution in [0, 0.1) is 0 Å². The number of halogens is 2. The monoisotopic (exact) mass is 312 g/mol. The van der Waals surface area contributed by atoms with Gasteiger partial charge in [-0.15, -0.1) is 11.6 Å². The molecule has 0 unspecified atom stereocenters. The van der Waals surface area contributed by atoms with Gasteiger partial charge < -0.3 is 4.57 Å². The number of benzene rings is 1. The van der Waals surface area contributed by atoms with Crippen LogP contribution in [0.1, 0.15) is 25.6 Å². The fourth-order valence-electron chi connectivity index (χ4n) is 2.36. The number of hydrogen-bond donors (Lipinski definition) is 0. The Hall–Kier alpha value is -0.540. The molecule has 1 aromatic heterocycles. The summed E-state index contributed by atoms with van der Waals surface area (Å²) in [5.41, 5.74) is 2.56. The molecule has 90 valence electrons. The van der Waals surface area contributed by atoms with Crippen LogP contribution in [0.4, 0.5) is 0 Å². The van der Waals surface area contributed by atoms with Gasteiger partial charge in [-0.1, -0.05) is 15.9 Å². The molecule has 0 amide bonds. The van der Waals surface area contributed by atoms with Gasteiger partial charge in [-0.25, -0.2) is 4.98 Å². The summed E-state index contributed by atoms with van der Waals surface area (Å²) >= 11 is 9.37. The minimum absolute atomic E-state index is 0.268. The number of aromatic nitrogens is 2. The van der Waals surface area contributed by atoms with Gasteiger partial charge >= 0.3 is 0 Å². The second-order valence-electron chi connectivity index (χ2n) is 4.93. The molecule has 0 saturated heterocycles. The lowest BCUT2D eigenvalue weighted by Crippen LogP contribution is -2.16. The second-order valence-corrected chi connectivity index (χ2v) is 6.23. The molecule has 2 aromatic rings. The fourth-order valence-corrected chi connectivity index (χ4v) is 2.88. The summed E-state index contributed by atoms with van der Waals surface area (Å²) in [7, 11) is 0. The van der Waals surface area contributed by atoms with Crippen molar-refractivity contribution < 1.29 is 0 Å². The third-order valence-corrected chi connectivity index (χ3v) is 4.20. The summed E-state index contributed by atoms with van der Waals surface area (Å²) in [6.45, 7) is 2.30. The molecule has 0 N–H and O–H groups in total. The Balaban J connectivity index is 2.24. The summed E-state index contributed by atoms with van der Waals surface area (Å²) in [4.78, 5) is 4.72. The predicted octanol–water partition coefficient (Wildman–Crippen LogP) is 4.09. The highest BCUT2D eigenvalue weighted by molar-refractivity contribution is 9.10. The fraction of sp³-hybridized carbons (Fsp3) is 0.462. The number of fused-ring (bicyclic) bond motifs is 1. The number of imidazole rings is 1. The van der Waals surface area contributed by atoms with E-state index in [0.29, 0.717) is 5.88 Å². The van der Waals surface area contributed by atoms with Gasteiger partial charge in [0.25, 0.3) is 0 Å². The normalized spacial score (nSPS) is 17.6. The van der Waals surface area contributed by atoms with Gasteiger partial charge in [0.1, 0.15) is 5.82 Å². The average molecular weight is 314 g/mol. The van der Waals surface area contributed by atoms with Gasteiger partial charge in [-0.3, -0.25) is 0 Å². The van der Waals surface area contributed by atoms with Crippen molar-refractivity contribution in [2.75, 3.05) is 5.88 Å². The van der Waals surface area contributed by atoms with Crippen molar-refractivity contribution in [3.63, 3.8) is 0 Å². The van der Waals surface area contributed by atoms with E-state index < -0.39 is 0 Å². The molecular formula is C13H14BrClN2. The quantitative estimate of drug-likeness (QED) is 0.780. The van der Waals surface area contributed by atoms with Crippen LogP contribution in [-0.4, -0.2) is 15.4 Å². The number of alkyl halides is 1. The maximum atomic E-state index is 5.87. The van der Waals surface area contributed by atoms with Crippen LogP contribution in [0.5, 0.6) is 0 Å². The van der Waals surface area contributed by atoms with Crippen LogP contribution >= 0.6 is 27.5 Å². The van der Waals surface area contributed by atoms with Crippen LogP contribution in [0.3, 0.4) is 0 Å². The first-order chi connectivity index (χ1) is 8.14. The molecule has 3 rings (SSSR count). The van der Waals surface area contributed by atoms with E-state index in [-0.39, 0.29) is 5.54 Å². The van der Waals surface area contributed by atoms with Crippen molar-refractivity contribution in [1.29, 1.82) is 0 Å². The largest absolute Gasteiger partial charge is 0.322 e. The van der Waals surface area contributed by atoms with Crippen molar-refractivity contribution in [1.82, 2.24) is 9.55 Å². The van der Waals surface area contributed by atoms with Crippen LogP contribution < -0.4 is 0 Å². The summed E-state index contributed by atoms with van der Waals surface area (Å²) in [6.07, 6.45) is 3.32. The molecule has 0 bridgehead atoms. The molecule has 4 heteroatoms. The Morgan fingerprint density at radius 2 is 2.24 bits per heavy atom. The molecule has 1 aromatic carbocycles. The molecule has 17 heavy (non-hydrogen) atoms. The van der Waals surface area contributed by atoms with Crippen LogP contribution in [0.2, 0.25) is 0 Å². The zero-order valence-corrected chi connectivity index (χ0v) is 12.1. The Morgan fingerprint density at radius 3 is 2.88 bits per heavy atom. The zero-order valence-electron chi connectivity index (χ0n) is 9.71. The molecule has 0 atom stereocenters. The van der Waals surface area contributed by atoms with E-state index in [9.17, 15) is 0 Å². The minimum Gasteiger partial charge on any atom is -0.322 e. The molecule has 1 aliphatic carbocycles. The molecule has 1 fully saturated rings. The van der Waals surface area contributed by atoms with Gasteiger partial charge in [0.15, 0.2) is 0 Å². The first kappa shape index (κ1) is 11.5. The third kappa shape index (κ3) is 1.89. The zero-order chi connectivity index (χ0) is 12.0. The van der Waals surface area contributed by atoms with Crippen LogP contribution in [-0.2, 0) is 12.0 Å². The Morgan fingerprint density at radius 1 is 1.47 bits per heavy atom. The van der Waals surface area contributed by atoms with Crippen molar-refractivity contribution in [2.24, 2.45) is 0 Å². The second kappa shape index (κ2) is 3.99. The number of rotatable bonds is 3. The third-order valence-electron chi connectivity index (χ3n) is 3.52. The maximum absolute atomic E-state index is 5.87. The summed E-state index contributed by atoms with van der Waals surface area (Å²) in [5, 5.41) is 0. The molecule has 0 spiro atoms. The van der Waals surface area contributed by atoms with E-state index in [1.54, 1.807) is 0 Å². The van der Waals surface area contributed by atoms with E-state index in [1.807, 2.05) is 0 Å². The van der Waals surface area contributed by atoms with Gasteiger partial charge in [0.05, 0.1) is 11.0 Å². The molecule has 1 aliphatic rings. The Labute approximate surface area is 114 Å². The average Bonchev–Trinajstić information content (AvgIpc) is 2.90. The lowest BCUT2D eigenvalue weighted by atomic mass is 10.2. The summed E-state index contributed by atoms with van der Waals surface area (Å²) in [6, 6.07) is 6.31. The number of nitrogens with zero attached hydrogens (tertiary/aromatic N) is 2. The van der Waals surface area contributed by atoms with Crippen molar-refractivity contribution in [3.8, 4) is 0 Å². The van der Waals surface area contributed by atoms with Crippen molar-refractivity contribution in [2.45, 2.75) is 31.7 Å². The first-order valence-corrected chi connectivity index (χ1v) is 7.20. The molecule has 1 saturated carbocycles. The van der Waals surface area contributed by atoms with E-state index in [2.05, 4.69) is 45.6 Å². The maximum Gasteiger partial charge on any atom is 0.111 e. The van der Waals surface area contributed by atoms with Crippen molar-refractivity contribution in [3.05, 3.63) is 28.5 Å². The van der Waals surface area contributed by atoms with Crippen LogP contribution in [0.25, 0.3) is 11.0 Å². The lowest BCUT2D eigenvalue weighted by Gasteiger charge is -2.15. The first-order valence-electron chi connectivity index (χ1n) is 5.87. The number of hydrogen-bond acceptors (Lipinski definition) is 1.